The highest BCUT2D eigenvalue weighted by atomic mass is 19.3. The quantitative estimate of drug-likeness (QED) is 0.623. The molecule has 2 N–H and O–H groups in total. The van der Waals surface area contributed by atoms with Crippen LogP contribution in [0.25, 0.3) is 0 Å². The van der Waals surface area contributed by atoms with Crippen molar-refractivity contribution in [2.45, 2.75) is 18.8 Å². The van der Waals surface area contributed by atoms with E-state index in [9.17, 15) is 13.6 Å². The van der Waals surface area contributed by atoms with E-state index in [1.54, 1.807) is 0 Å². The van der Waals surface area contributed by atoms with Crippen LogP contribution in [0.15, 0.2) is 0 Å². The van der Waals surface area contributed by atoms with Crippen LogP contribution in [0.5, 0.6) is 0 Å². The van der Waals surface area contributed by atoms with E-state index in [1.165, 1.54) is 0 Å². The van der Waals surface area contributed by atoms with Gasteiger partial charge in [-0.15, -0.1) is 0 Å². The molecule has 3 nitrogen and oxygen atoms in total. The molecule has 1 atom stereocenters. The van der Waals surface area contributed by atoms with Crippen LogP contribution in [-0.4, -0.2) is 30.1 Å². The summed E-state index contributed by atoms with van der Waals surface area (Å²) >= 11 is 0. The molecule has 0 radical (unpaired) electrons. The van der Waals surface area contributed by atoms with Gasteiger partial charge >= 0.3 is 5.97 Å². The van der Waals surface area contributed by atoms with Crippen molar-refractivity contribution in [1.29, 1.82) is 0 Å². The topological polar surface area (TPSA) is 49.3 Å². The van der Waals surface area contributed by atoms with E-state index in [2.05, 4.69) is 5.32 Å². The SMILES string of the molecule is O=C(O)[C@H]1CCNCCC1(F)F. The largest absolute Gasteiger partial charge is 0.481 e. The Morgan fingerprint density at radius 2 is 2.17 bits per heavy atom. The van der Waals surface area contributed by atoms with Crippen molar-refractivity contribution in [2.75, 3.05) is 13.1 Å². The molecule has 0 saturated carbocycles. The van der Waals surface area contributed by atoms with Gasteiger partial charge in [-0.3, -0.25) is 4.79 Å². The number of alkyl halides is 2. The second kappa shape index (κ2) is 3.35. The normalized spacial score (nSPS) is 29.3. The summed E-state index contributed by atoms with van der Waals surface area (Å²) in [5.41, 5.74) is 0. The van der Waals surface area contributed by atoms with Crippen LogP contribution < -0.4 is 5.32 Å². The van der Waals surface area contributed by atoms with Crippen molar-refractivity contribution in [3.8, 4) is 0 Å². The summed E-state index contributed by atoms with van der Waals surface area (Å²) in [4.78, 5) is 10.4. The van der Waals surface area contributed by atoms with Gasteiger partial charge in [0.15, 0.2) is 0 Å². The number of rotatable bonds is 1. The highest BCUT2D eigenvalue weighted by molar-refractivity contribution is 5.71. The van der Waals surface area contributed by atoms with Gasteiger partial charge in [-0.25, -0.2) is 8.78 Å². The Labute approximate surface area is 68.8 Å². The molecule has 1 rings (SSSR count). The predicted octanol–water partition coefficient (Wildman–Crippen LogP) is 0.706. The monoisotopic (exact) mass is 179 g/mol. The third-order valence-electron chi connectivity index (χ3n) is 2.05. The van der Waals surface area contributed by atoms with E-state index in [-0.39, 0.29) is 19.4 Å². The summed E-state index contributed by atoms with van der Waals surface area (Å²) in [5.74, 6) is -5.98. The Morgan fingerprint density at radius 3 is 2.75 bits per heavy atom. The fourth-order valence-electron chi connectivity index (χ4n) is 1.32. The van der Waals surface area contributed by atoms with Crippen LogP contribution in [0.3, 0.4) is 0 Å². The fourth-order valence-corrected chi connectivity index (χ4v) is 1.32. The first-order valence-electron chi connectivity index (χ1n) is 3.85. The number of halogens is 2. The van der Waals surface area contributed by atoms with E-state index in [1.807, 2.05) is 0 Å². The van der Waals surface area contributed by atoms with Gasteiger partial charge in [0, 0.05) is 13.0 Å². The molecule has 1 heterocycles. The molecule has 70 valence electrons. The molecule has 0 aliphatic carbocycles. The second-order valence-corrected chi connectivity index (χ2v) is 2.94. The van der Waals surface area contributed by atoms with Crippen LogP contribution in [-0.2, 0) is 4.79 Å². The first kappa shape index (κ1) is 9.38. The van der Waals surface area contributed by atoms with E-state index in [0.29, 0.717) is 6.54 Å². The van der Waals surface area contributed by atoms with Crippen molar-refractivity contribution < 1.29 is 18.7 Å². The third kappa shape index (κ3) is 1.91. The van der Waals surface area contributed by atoms with Crippen LogP contribution in [0.1, 0.15) is 12.8 Å². The van der Waals surface area contributed by atoms with Gasteiger partial charge in [-0.2, -0.15) is 0 Å². The molecular weight excluding hydrogens is 168 g/mol. The molecule has 0 aromatic rings. The Hall–Kier alpha value is -0.710. The van der Waals surface area contributed by atoms with Gasteiger partial charge in [0.05, 0.1) is 0 Å². The number of nitrogens with one attached hydrogen (secondary N) is 1. The molecule has 0 spiro atoms. The average molecular weight is 179 g/mol. The molecule has 0 aromatic heterocycles. The zero-order valence-corrected chi connectivity index (χ0v) is 6.52. The minimum Gasteiger partial charge on any atom is -0.481 e. The summed E-state index contributed by atoms with van der Waals surface area (Å²) in [6, 6.07) is 0. The van der Waals surface area contributed by atoms with E-state index in [0.717, 1.165) is 0 Å². The summed E-state index contributed by atoms with van der Waals surface area (Å²) in [7, 11) is 0. The Balaban J connectivity index is 2.71. The van der Waals surface area contributed by atoms with Crippen molar-refractivity contribution in [2.24, 2.45) is 5.92 Å². The Kier molecular flexibility index (Phi) is 2.62. The van der Waals surface area contributed by atoms with Crippen molar-refractivity contribution >= 4 is 5.97 Å². The van der Waals surface area contributed by atoms with Crippen LogP contribution in [0.2, 0.25) is 0 Å². The van der Waals surface area contributed by atoms with E-state index >= 15 is 0 Å². The van der Waals surface area contributed by atoms with Gasteiger partial charge < -0.3 is 10.4 Å². The maximum Gasteiger partial charge on any atom is 0.312 e. The zero-order valence-electron chi connectivity index (χ0n) is 6.52. The van der Waals surface area contributed by atoms with Crippen molar-refractivity contribution in [3.05, 3.63) is 0 Å². The molecule has 5 heteroatoms. The number of hydrogen-bond acceptors (Lipinski definition) is 2. The molecule has 1 fully saturated rings. The maximum absolute atomic E-state index is 13.0. The van der Waals surface area contributed by atoms with Crippen molar-refractivity contribution in [3.63, 3.8) is 0 Å². The lowest BCUT2D eigenvalue weighted by Crippen LogP contribution is -2.34. The molecule has 0 amide bonds. The smallest absolute Gasteiger partial charge is 0.312 e. The van der Waals surface area contributed by atoms with Crippen LogP contribution in [0.4, 0.5) is 8.78 Å². The molecular formula is C7H11F2NO2. The number of hydrogen-bond donors (Lipinski definition) is 2. The second-order valence-electron chi connectivity index (χ2n) is 2.94. The molecule has 1 saturated heterocycles. The van der Waals surface area contributed by atoms with Gasteiger partial charge in [-0.05, 0) is 13.0 Å². The first-order chi connectivity index (χ1) is 5.54. The molecule has 0 aromatic carbocycles. The van der Waals surface area contributed by atoms with E-state index in [4.69, 9.17) is 5.11 Å². The summed E-state index contributed by atoms with van der Waals surface area (Å²) < 4.78 is 25.9. The first-order valence-corrected chi connectivity index (χ1v) is 3.85. The van der Waals surface area contributed by atoms with Gasteiger partial charge in [0.1, 0.15) is 5.92 Å². The Morgan fingerprint density at radius 1 is 1.50 bits per heavy atom. The standard InChI is InChI=1S/C7H11F2NO2/c8-7(9)2-4-10-3-1-5(7)6(11)12/h5,10H,1-4H2,(H,11,12)/t5-/m1/s1. The number of carbonyl (C=O) groups is 1. The Bertz CT molecular complexity index is 184. The van der Waals surface area contributed by atoms with Crippen molar-refractivity contribution in [1.82, 2.24) is 5.32 Å². The minimum absolute atomic E-state index is 0.00231. The highest BCUT2D eigenvalue weighted by Crippen LogP contribution is 2.31. The molecule has 1 aliphatic heterocycles. The molecule has 0 bridgehead atoms. The van der Waals surface area contributed by atoms with Gasteiger partial charge in [0.2, 0.25) is 0 Å². The maximum atomic E-state index is 13.0. The third-order valence-corrected chi connectivity index (χ3v) is 2.05. The molecule has 0 unspecified atom stereocenters. The predicted molar refractivity (Wildman–Crippen MR) is 38.2 cm³/mol. The highest BCUT2D eigenvalue weighted by Gasteiger charge is 2.44. The van der Waals surface area contributed by atoms with Gasteiger partial charge in [-0.1, -0.05) is 0 Å². The fraction of sp³-hybridized carbons (Fsp3) is 0.857. The minimum atomic E-state index is -3.06. The summed E-state index contributed by atoms with van der Waals surface area (Å²) in [5, 5.41) is 11.2. The lowest BCUT2D eigenvalue weighted by Gasteiger charge is -2.19. The summed E-state index contributed by atoms with van der Waals surface area (Å²) in [6.07, 6.45) is -0.383. The summed E-state index contributed by atoms with van der Waals surface area (Å²) in [6.45, 7) is 0.545. The lowest BCUT2D eigenvalue weighted by molar-refractivity contribution is -0.157. The number of aliphatic carboxylic acids is 1. The van der Waals surface area contributed by atoms with Gasteiger partial charge in [0.25, 0.3) is 5.92 Å². The number of carboxylic acids is 1. The molecule has 12 heavy (non-hydrogen) atoms. The average Bonchev–Trinajstić information content (AvgIpc) is 2.09. The van der Waals surface area contributed by atoms with Crippen LogP contribution in [0, 0.1) is 5.92 Å². The lowest BCUT2D eigenvalue weighted by atomic mass is 9.97. The van der Waals surface area contributed by atoms with Crippen LogP contribution >= 0.6 is 0 Å². The van der Waals surface area contributed by atoms with E-state index < -0.39 is 17.8 Å². The number of carboxylic acid groups (broad SMARTS) is 1. The zero-order chi connectivity index (χ0) is 9.19. The molecule has 1 aliphatic rings.